The standard InChI is InChI=1S/C26H22F2N4O4S4/c27-15-5-9-17(10-6-15)29-19(33)3-1-13-31-23(35)21(39-25(31)37)22-24(36)32(26(38)40-22)14-2-4-20(34)30-18-11-7-16(28)8-12-18/h5-12H,1-4,13-14H2,(H,29,33)(H,30,34)/b22-21+. The predicted molar refractivity (Wildman–Crippen MR) is 159 cm³/mol. The van der Waals surface area contributed by atoms with E-state index in [2.05, 4.69) is 10.6 Å². The number of hydrogen-bond donors (Lipinski definition) is 2. The molecular formula is C26H22F2N4O4S4. The fourth-order valence-electron chi connectivity index (χ4n) is 3.76. The Morgan fingerprint density at radius 1 is 0.675 bits per heavy atom. The molecule has 2 aromatic rings. The summed E-state index contributed by atoms with van der Waals surface area (Å²) >= 11 is 12.7. The Labute approximate surface area is 247 Å². The molecule has 2 aliphatic rings. The highest BCUT2D eigenvalue weighted by Gasteiger charge is 2.41. The van der Waals surface area contributed by atoms with Crippen LogP contribution in [0.3, 0.4) is 0 Å². The third-order valence-corrected chi connectivity index (χ3v) is 8.76. The fourth-order valence-corrected chi connectivity index (χ4v) is 6.54. The highest BCUT2D eigenvalue weighted by Crippen LogP contribution is 2.42. The van der Waals surface area contributed by atoms with E-state index in [1.807, 2.05) is 0 Å². The Morgan fingerprint density at radius 2 is 1.02 bits per heavy atom. The molecule has 2 saturated heterocycles. The van der Waals surface area contributed by atoms with Gasteiger partial charge in [0.25, 0.3) is 11.8 Å². The van der Waals surface area contributed by atoms with Gasteiger partial charge in [-0.15, -0.1) is 0 Å². The summed E-state index contributed by atoms with van der Waals surface area (Å²) in [7, 11) is 0. The predicted octanol–water partition coefficient (Wildman–Crippen LogP) is 5.03. The van der Waals surface area contributed by atoms with Crippen LogP contribution in [0.4, 0.5) is 20.2 Å². The van der Waals surface area contributed by atoms with Gasteiger partial charge in [-0.1, -0.05) is 48.0 Å². The molecule has 2 heterocycles. The van der Waals surface area contributed by atoms with Gasteiger partial charge in [-0.25, -0.2) is 8.78 Å². The molecule has 208 valence electrons. The molecule has 0 spiro atoms. The van der Waals surface area contributed by atoms with E-state index in [1.54, 1.807) is 0 Å². The van der Waals surface area contributed by atoms with Gasteiger partial charge in [0.2, 0.25) is 11.8 Å². The van der Waals surface area contributed by atoms with Crippen molar-refractivity contribution in [2.24, 2.45) is 0 Å². The number of amides is 4. The van der Waals surface area contributed by atoms with Crippen molar-refractivity contribution < 1.29 is 28.0 Å². The Bertz CT molecular complexity index is 1290. The molecule has 2 N–H and O–H groups in total. The highest BCUT2D eigenvalue weighted by atomic mass is 32.2. The van der Waals surface area contributed by atoms with E-state index < -0.39 is 23.4 Å². The molecule has 2 aromatic carbocycles. The number of benzene rings is 2. The van der Waals surface area contributed by atoms with Gasteiger partial charge >= 0.3 is 0 Å². The maximum atomic E-state index is 13.1. The highest BCUT2D eigenvalue weighted by molar-refractivity contribution is 8.29. The first-order valence-corrected chi connectivity index (χ1v) is 14.5. The van der Waals surface area contributed by atoms with Crippen molar-refractivity contribution in [3.63, 3.8) is 0 Å². The average Bonchev–Trinajstić information content (AvgIpc) is 3.35. The first kappa shape index (κ1) is 29.8. The van der Waals surface area contributed by atoms with Crippen LogP contribution in [0.5, 0.6) is 0 Å². The van der Waals surface area contributed by atoms with Crippen molar-refractivity contribution in [2.75, 3.05) is 23.7 Å². The monoisotopic (exact) mass is 620 g/mol. The van der Waals surface area contributed by atoms with Crippen LogP contribution in [0.25, 0.3) is 0 Å². The van der Waals surface area contributed by atoms with Crippen molar-refractivity contribution in [1.82, 2.24) is 9.80 Å². The zero-order chi connectivity index (χ0) is 28.8. The second-order valence-electron chi connectivity index (χ2n) is 8.63. The summed E-state index contributed by atoms with van der Waals surface area (Å²) < 4.78 is 26.6. The van der Waals surface area contributed by atoms with E-state index in [0.717, 1.165) is 23.5 Å². The summed E-state index contributed by atoms with van der Waals surface area (Å²) in [5.74, 6) is -2.24. The van der Waals surface area contributed by atoms with Crippen LogP contribution in [0.15, 0.2) is 58.3 Å². The number of hydrogen-bond acceptors (Lipinski definition) is 8. The SMILES string of the molecule is O=C(CCCN1C(=O)/C(=C2\SC(=S)N(CCCC(=O)Nc3ccc(F)cc3)C2=O)SC1=S)Nc1ccc(F)cc1. The van der Waals surface area contributed by atoms with Crippen LogP contribution in [0.1, 0.15) is 25.7 Å². The summed E-state index contributed by atoms with van der Waals surface area (Å²) in [5, 5.41) is 5.32. The molecule has 0 aliphatic carbocycles. The third kappa shape index (κ3) is 7.50. The summed E-state index contributed by atoms with van der Waals surface area (Å²) in [6, 6.07) is 10.8. The van der Waals surface area contributed by atoms with Crippen LogP contribution < -0.4 is 10.6 Å². The zero-order valence-corrected chi connectivity index (χ0v) is 24.0. The number of thioether (sulfide) groups is 2. The molecule has 40 heavy (non-hydrogen) atoms. The summed E-state index contributed by atoms with van der Waals surface area (Å²) in [6.45, 7) is 0.378. The van der Waals surface area contributed by atoms with E-state index in [-0.39, 0.29) is 56.2 Å². The van der Waals surface area contributed by atoms with E-state index in [4.69, 9.17) is 24.4 Å². The van der Waals surface area contributed by atoms with Gasteiger partial charge in [0.15, 0.2) is 0 Å². The molecule has 0 radical (unpaired) electrons. The molecule has 2 fully saturated rings. The molecule has 0 bridgehead atoms. The van der Waals surface area contributed by atoms with E-state index in [1.165, 1.54) is 58.3 Å². The molecule has 2 aliphatic heterocycles. The van der Waals surface area contributed by atoms with Crippen molar-refractivity contribution in [3.8, 4) is 0 Å². The van der Waals surface area contributed by atoms with Crippen LogP contribution in [-0.2, 0) is 19.2 Å². The van der Waals surface area contributed by atoms with Crippen LogP contribution in [0, 0.1) is 11.6 Å². The smallest absolute Gasteiger partial charge is 0.267 e. The molecule has 0 unspecified atom stereocenters. The Balaban J connectivity index is 1.27. The molecule has 0 saturated carbocycles. The minimum atomic E-state index is -0.423. The van der Waals surface area contributed by atoms with Gasteiger partial charge in [-0.3, -0.25) is 29.0 Å². The van der Waals surface area contributed by atoms with Gasteiger partial charge in [-0.05, 0) is 61.4 Å². The molecular weight excluding hydrogens is 599 g/mol. The number of anilines is 2. The van der Waals surface area contributed by atoms with Crippen molar-refractivity contribution in [3.05, 3.63) is 70.0 Å². The number of nitrogens with zero attached hydrogens (tertiary/aromatic N) is 2. The first-order valence-electron chi connectivity index (χ1n) is 12.0. The second kappa shape index (κ2) is 13.4. The lowest BCUT2D eigenvalue weighted by molar-refractivity contribution is -0.124. The minimum Gasteiger partial charge on any atom is -0.326 e. The van der Waals surface area contributed by atoms with E-state index in [9.17, 15) is 28.0 Å². The zero-order valence-electron chi connectivity index (χ0n) is 20.8. The number of rotatable bonds is 10. The number of halogens is 2. The Kier molecular flexibility index (Phi) is 10.0. The van der Waals surface area contributed by atoms with Crippen molar-refractivity contribution in [1.29, 1.82) is 0 Å². The molecule has 0 atom stereocenters. The number of carbonyl (C=O) groups excluding carboxylic acids is 4. The minimum absolute atomic E-state index is 0.112. The van der Waals surface area contributed by atoms with Gasteiger partial charge in [0, 0.05) is 37.3 Å². The molecule has 0 aromatic heterocycles. The van der Waals surface area contributed by atoms with Crippen LogP contribution in [0.2, 0.25) is 0 Å². The maximum absolute atomic E-state index is 13.1. The summed E-state index contributed by atoms with van der Waals surface area (Å²) in [5.41, 5.74) is 0.931. The topological polar surface area (TPSA) is 98.8 Å². The Morgan fingerprint density at radius 3 is 1.38 bits per heavy atom. The molecule has 4 amide bonds. The summed E-state index contributed by atoms with van der Waals surface area (Å²) in [6.07, 6.45) is 0.878. The lowest BCUT2D eigenvalue weighted by Gasteiger charge is -2.14. The number of thiocarbonyl (C=S) groups is 2. The van der Waals surface area contributed by atoms with Crippen LogP contribution in [-0.4, -0.2) is 55.2 Å². The molecule has 8 nitrogen and oxygen atoms in total. The maximum Gasteiger partial charge on any atom is 0.267 e. The number of nitrogens with one attached hydrogen (secondary N) is 2. The first-order chi connectivity index (χ1) is 19.1. The molecule has 14 heteroatoms. The lowest BCUT2D eigenvalue weighted by atomic mass is 10.2. The largest absolute Gasteiger partial charge is 0.326 e. The third-order valence-electron chi connectivity index (χ3n) is 5.73. The van der Waals surface area contributed by atoms with Crippen molar-refractivity contribution >= 4 is 91.6 Å². The van der Waals surface area contributed by atoms with Crippen molar-refractivity contribution in [2.45, 2.75) is 25.7 Å². The summed E-state index contributed by atoms with van der Waals surface area (Å²) in [4.78, 5) is 53.6. The van der Waals surface area contributed by atoms with Gasteiger partial charge in [0.1, 0.15) is 20.3 Å². The fraction of sp³-hybridized carbons (Fsp3) is 0.231. The van der Waals surface area contributed by atoms with Gasteiger partial charge < -0.3 is 10.6 Å². The van der Waals surface area contributed by atoms with E-state index >= 15 is 0 Å². The van der Waals surface area contributed by atoms with Gasteiger partial charge in [0.05, 0.1) is 9.81 Å². The van der Waals surface area contributed by atoms with Gasteiger partial charge in [-0.2, -0.15) is 0 Å². The second-order valence-corrected chi connectivity index (χ2v) is 11.9. The van der Waals surface area contributed by atoms with E-state index in [0.29, 0.717) is 24.2 Å². The lowest BCUT2D eigenvalue weighted by Crippen LogP contribution is -2.31. The Hall–Kier alpha value is -3.20. The quantitative estimate of drug-likeness (QED) is 0.282. The van der Waals surface area contributed by atoms with Crippen LogP contribution >= 0.6 is 48.0 Å². The normalized spacial score (nSPS) is 17.1. The number of carbonyl (C=O) groups is 4. The molecule has 4 rings (SSSR count). The average molecular weight is 621 g/mol.